The van der Waals surface area contributed by atoms with Crippen molar-refractivity contribution in [1.82, 2.24) is 10.6 Å². The van der Waals surface area contributed by atoms with Crippen LogP contribution in [0.4, 0.5) is 10.5 Å². The molecule has 2 amide bonds. The summed E-state index contributed by atoms with van der Waals surface area (Å²) in [6.07, 6.45) is 0. The van der Waals surface area contributed by atoms with Gasteiger partial charge in [-0.25, -0.2) is 4.79 Å². The van der Waals surface area contributed by atoms with Crippen molar-refractivity contribution in [2.45, 2.75) is 6.04 Å². The first-order valence-corrected chi connectivity index (χ1v) is 7.10. The van der Waals surface area contributed by atoms with Crippen LogP contribution in [-0.4, -0.2) is 37.2 Å². The molecule has 2 N–H and O–H groups in total. The molecule has 128 valence electrons. The molecule has 2 atom stereocenters. The van der Waals surface area contributed by atoms with Crippen LogP contribution in [0.1, 0.15) is 11.6 Å². The van der Waals surface area contributed by atoms with E-state index >= 15 is 0 Å². The van der Waals surface area contributed by atoms with Crippen LogP contribution in [0.2, 0.25) is 0 Å². The van der Waals surface area contributed by atoms with E-state index in [4.69, 9.17) is 9.47 Å². The summed E-state index contributed by atoms with van der Waals surface area (Å²) in [6.45, 7) is 4.02. The topological polar surface area (TPSA) is 120 Å². The molecule has 9 heteroatoms. The normalized spacial score (nSPS) is 20.0. The van der Waals surface area contributed by atoms with Crippen molar-refractivity contribution < 1.29 is 24.0 Å². The summed E-state index contributed by atoms with van der Waals surface area (Å²) in [7, 11) is 1.48. The van der Waals surface area contributed by atoms with Gasteiger partial charge in [0.1, 0.15) is 12.5 Å². The van der Waals surface area contributed by atoms with E-state index in [2.05, 4.69) is 17.2 Å². The molecule has 0 bridgehead atoms. The number of hydrogen-bond donors (Lipinski definition) is 2. The van der Waals surface area contributed by atoms with Crippen molar-refractivity contribution in [1.29, 1.82) is 0 Å². The fourth-order valence-electron chi connectivity index (χ4n) is 2.36. The van der Waals surface area contributed by atoms with Crippen LogP contribution in [0.5, 0.6) is 0 Å². The van der Waals surface area contributed by atoms with E-state index in [1.165, 1.54) is 31.4 Å². The third kappa shape index (κ3) is 3.87. The minimum Gasteiger partial charge on any atom is -0.463 e. The van der Waals surface area contributed by atoms with E-state index in [0.29, 0.717) is 5.56 Å². The number of nitro groups is 1. The van der Waals surface area contributed by atoms with Crippen molar-refractivity contribution >= 4 is 17.7 Å². The number of carbonyl (C=O) groups excluding carboxylic acids is 2. The zero-order valence-corrected chi connectivity index (χ0v) is 13.0. The fraction of sp³-hybridized carbons (Fsp3) is 0.333. The molecule has 1 aliphatic heterocycles. The van der Waals surface area contributed by atoms with Gasteiger partial charge in [-0.3, -0.25) is 14.9 Å². The van der Waals surface area contributed by atoms with Gasteiger partial charge in [0.2, 0.25) is 0 Å². The highest BCUT2D eigenvalue weighted by atomic mass is 16.6. The molecule has 0 spiro atoms. The molecule has 0 aliphatic carbocycles. The number of ether oxygens (including phenoxy) is 2. The van der Waals surface area contributed by atoms with Crippen molar-refractivity contribution in [3.05, 3.63) is 52.2 Å². The maximum atomic E-state index is 12.3. The predicted octanol–water partition coefficient (Wildman–Crippen LogP) is 1.27. The van der Waals surface area contributed by atoms with Gasteiger partial charge in [-0.1, -0.05) is 18.7 Å². The standard InChI is InChI=1S/C15H17N3O6/c1-9-12(14(19)24-8-7-23-2)13(17-15(20)16-9)10-3-5-11(6-4-10)18(21)22/h3-6,12-13H,1,7-8H2,2H3,(H2,16,17,20)/t12-,13-/m0/s1. The van der Waals surface area contributed by atoms with Crippen LogP contribution in [-0.2, 0) is 14.3 Å². The highest BCUT2D eigenvalue weighted by Gasteiger charge is 2.39. The third-order valence-electron chi connectivity index (χ3n) is 3.52. The van der Waals surface area contributed by atoms with Crippen LogP contribution in [0.3, 0.4) is 0 Å². The second kappa shape index (κ2) is 7.55. The number of urea groups is 1. The summed E-state index contributed by atoms with van der Waals surface area (Å²) in [5, 5.41) is 15.8. The number of nitro benzene ring substituents is 1. The molecule has 2 rings (SSSR count). The lowest BCUT2D eigenvalue weighted by Crippen LogP contribution is -2.51. The number of rotatable bonds is 6. The second-order valence-corrected chi connectivity index (χ2v) is 5.09. The molecule has 1 aliphatic rings. The zero-order valence-electron chi connectivity index (χ0n) is 13.0. The number of esters is 1. The summed E-state index contributed by atoms with van der Waals surface area (Å²) in [5.41, 5.74) is 0.645. The number of amides is 2. The van der Waals surface area contributed by atoms with Gasteiger partial charge in [0.25, 0.3) is 5.69 Å². The maximum absolute atomic E-state index is 12.3. The first kappa shape index (κ1) is 17.4. The number of nitrogens with one attached hydrogen (secondary N) is 2. The summed E-state index contributed by atoms with van der Waals surface area (Å²) in [4.78, 5) is 34.2. The summed E-state index contributed by atoms with van der Waals surface area (Å²) < 4.78 is 9.94. The average molecular weight is 335 g/mol. The lowest BCUT2D eigenvalue weighted by molar-refractivity contribution is -0.384. The Bertz CT molecular complexity index is 658. The molecule has 0 radical (unpaired) electrons. The maximum Gasteiger partial charge on any atom is 0.319 e. The molecular formula is C15H17N3O6. The lowest BCUT2D eigenvalue weighted by Gasteiger charge is -2.33. The van der Waals surface area contributed by atoms with Gasteiger partial charge >= 0.3 is 12.0 Å². The van der Waals surface area contributed by atoms with Crippen molar-refractivity contribution in [3.8, 4) is 0 Å². The van der Waals surface area contributed by atoms with Crippen molar-refractivity contribution in [2.24, 2.45) is 5.92 Å². The second-order valence-electron chi connectivity index (χ2n) is 5.09. The highest BCUT2D eigenvalue weighted by molar-refractivity contribution is 5.85. The van der Waals surface area contributed by atoms with Gasteiger partial charge in [-0.05, 0) is 5.56 Å². The van der Waals surface area contributed by atoms with Gasteiger partial charge in [-0.15, -0.1) is 0 Å². The lowest BCUT2D eigenvalue weighted by atomic mass is 9.89. The van der Waals surface area contributed by atoms with Crippen molar-refractivity contribution in [3.63, 3.8) is 0 Å². The molecule has 1 heterocycles. The summed E-state index contributed by atoms with van der Waals surface area (Å²) in [6, 6.07) is 4.33. The first-order chi connectivity index (χ1) is 11.4. The Morgan fingerprint density at radius 2 is 2.00 bits per heavy atom. The molecule has 9 nitrogen and oxygen atoms in total. The monoisotopic (exact) mass is 335 g/mol. The van der Waals surface area contributed by atoms with E-state index < -0.39 is 28.9 Å². The number of benzene rings is 1. The quantitative estimate of drug-likeness (QED) is 0.350. The SMILES string of the molecule is C=C1NC(=O)N[C@@H](c2ccc([N+](=O)[O-])cc2)[C@H]1C(=O)OCCOC. The first-order valence-electron chi connectivity index (χ1n) is 7.10. The Labute approximate surface area is 137 Å². The van der Waals surface area contributed by atoms with Crippen LogP contribution < -0.4 is 10.6 Å². The fourth-order valence-corrected chi connectivity index (χ4v) is 2.36. The number of nitrogens with zero attached hydrogens (tertiary/aromatic N) is 1. The van der Waals surface area contributed by atoms with Gasteiger partial charge in [0.05, 0.1) is 17.6 Å². The number of hydrogen-bond acceptors (Lipinski definition) is 6. The molecular weight excluding hydrogens is 318 g/mol. The van der Waals surface area contributed by atoms with Gasteiger partial charge in [-0.2, -0.15) is 0 Å². The molecule has 24 heavy (non-hydrogen) atoms. The highest BCUT2D eigenvalue weighted by Crippen LogP contribution is 2.31. The van der Waals surface area contributed by atoms with Crippen LogP contribution in [0.15, 0.2) is 36.5 Å². The van der Waals surface area contributed by atoms with E-state index in [9.17, 15) is 19.7 Å². The van der Waals surface area contributed by atoms with Gasteiger partial charge in [0.15, 0.2) is 0 Å². The number of methoxy groups -OCH3 is 1. The Hall–Kier alpha value is -2.94. The molecule has 1 saturated heterocycles. The zero-order chi connectivity index (χ0) is 17.7. The summed E-state index contributed by atoms with van der Waals surface area (Å²) in [5.74, 6) is -1.44. The van der Waals surface area contributed by atoms with Gasteiger partial charge in [0, 0.05) is 24.9 Å². The smallest absolute Gasteiger partial charge is 0.319 e. The largest absolute Gasteiger partial charge is 0.463 e. The molecule has 1 fully saturated rings. The van der Waals surface area contributed by atoms with Crippen LogP contribution >= 0.6 is 0 Å². The average Bonchev–Trinajstić information content (AvgIpc) is 2.54. The van der Waals surface area contributed by atoms with E-state index in [-0.39, 0.29) is 24.6 Å². The van der Waals surface area contributed by atoms with Gasteiger partial charge < -0.3 is 20.1 Å². The predicted molar refractivity (Wildman–Crippen MR) is 83.0 cm³/mol. The number of non-ortho nitro benzene ring substituents is 1. The number of carbonyl (C=O) groups is 2. The van der Waals surface area contributed by atoms with Crippen molar-refractivity contribution in [2.75, 3.05) is 20.3 Å². The molecule has 0 unspecified atom stereocenters. The Morgan fingerprint density at radius 1 is 1.33 bits per heavy atom. The van der Waals surface area contributed by atoms with E-state index in [0.717, 1.165) is 0 Å². The Balaban J connectivity index is 2.24. The third-order valence-corrected chi connectivity index (χ3v) is 3.52. The minimum absolute atomic E-state index is 0.0695. The molecule has 0 aromatic heterocycles. The molecule has 1 aromatic carbocycles. The Morgan fingerprint density at radius 3 is 2.58 bits per heavy atom. The minimum atomic E-state index is -0.860. The van der Waals surface area contributed by atoms with Crippen LogP contribution in [0, 0.1) is 16.0 Å². The molecule has 1 aromatic rings. The van der Waals surface area contributed by atoms with Crippen LogP contribution in [0.25, 0.3) is 0 Å². The van der Waals surface area contributed by atoms with E-state index in [1.807, 2.05) is 0 Å². The Kier molecular flexibility index (Phi) is 5.48. The van der Waals surface area contributed by atoms with E-state index in [1.54, 1.807) is 0 Å². The summed E-state index contributed by atoms with van der Waals surface area (Å²) >= 11 is 0. The molecule has 0 saturated carbocycles.